The van der Waals surface area contributed by atoms with E-state index in [9.17, 15) is 9.18 Å². The highest BCUT2D eigenvalue weighted by Crippen LogP contribution is 2.29. The molecule has 0 aromatic rings. The van der Waals surface area contributed by atoms with Crippen LogP contribution in [0.3, 0.4) is 0 Å². The van der Waals surface area contributed by atoms with Gasteiger partial charge in [0.1, 0.15) is 5.67 Å². The molecule has 3 heteroatoms. The maximum absolute atomic E-state index is 13.5. The third kappa shape index (κ3) is 4.33. The lowest BCUT2D eigenvalue weighted by Crippen LogP contribution is -2.19. The van der Waals surface area contributed by atoms with Gasteiger partial charge in [0.25, 0.3) is 0 Å². The summed E-state index contributed by atoms with van der Waals surface area (Å²) in [5.41, 5.74) is -0.182. The second-order valence-electron chi connectivity index (χ2n) is 5.23. The quantitative estimate of drug-likeness (QED) is 0.704. The van der Waals surface area contributed by atoms with Crippen LogP contribution in [0, 0.1) is 11.8 Å². The Labute approximate surface area is 103 Å². The number of ether oxygens (including phenoxy) is 1. The lowest BCUT2D eigenvalue weighted by atomic mass is 9.85. The molecule has 0 aromatic carbocycles. The molecule has 0 heterocycles. The smallest absolute Gasteiger partial charge is 0.312 e. The number of alkyl halides is 1. The third-order valence-corrected chi connectivity index (χ3v) is 3.02. The highest BCUT2D eigenvalue weighted by molar-refractivity contribution is 5.76. The molecule has 2 nitrogen and oxygen atoms in total. The minimum absolute atomic E-state index is 0.226. The summed E-state index contributed by atoms with van der Waals surface area (Å²) in [6.07, 6.45) is 7.23. The summed E-state index contributed by atoms with van der Waals surface area (Å²) in [5.74, 6) is -0.246. The molecule has 0 fully saturated rings. The zero-order chi connectivity index (χ0) is 13.1. The van der Waals surface area contributed by atoms with Crippen LogP contribution >= 0.6 is 0 Å². The second-order valence-corrected chi connectivity index (χ2v) is 5.23. The van der Waals surface area contributed by atoms with Gasteiger partial charge in [0, 0.05) is 0 Å². The summed E-state index contributed by atoms with van der Waals surface area (Å²) >= 11 is 0. The number of hydrogen-bond donors (Lipinski definition) is 0. The normalized spacial score (nSPS) is 21.9. The standard InChI is InChI=1S/C14H21FO2/c1-10(13(16)17-4)12-7-5-11(6-8-12)9-14(2,3)15/h5,7-8,10-11H,6,9H2,1-4H3. The molecule has 0 radical (unpaired) electrons. The molecular weight excluding hydrogens is 219 g/mol. The largest absolute Gasteiger partial charge is 0.469 e. The van der Waals surface area contributed by atoms with Crippen molar-refractivity contribution in [3.05, 3.63) is 23.8 Å². The van der Waals surface area contributed by atoms with Crippen LogP contribution in [0.5, 0.6) is 0 Å². The van der Waals surface area contributed by atoms with Crippen molar-refractivity contribution in [2.75, 3.05) is 7.11 Å². The summed E-state index contributed by atoms with van der Waals surface area (Å²) in [7, 11) is 1.39. The van der Waals surface area contributed by atoms with Gasteiger partial charge >= 0.3 is 5.97 Å². The van der Waals surface area contributed by atoms with Gasteiger partial charge in [-0.15, -0.1) is 0 Å². The van der Waals surface area contributed by atoms with Crippen LogP contribution in [0.15, 0.2) is 23.8 Å². The second kappa shape index (κ2) is 5.48. The molecule has 0 amide bonds. The first-order chi connectivity index (χ1) is 7.83. The number of halogens is 1. The van der Waals surface area contributed by atoms with Crippen molar-refractivity contribution < 1.29 is 13.9 Å². The van der Waals surface area contributed by atoms with E-state index in [0.29, 0.717) is 6.42 Å². The molecule has 96 valence electrons. The molecule has 17 heavy (non-hydrogen) atoms. The summed E-state index contributed by atoms with van der Waals surface area (Å²) in [6, 6.07) is 0. The fraction of sp³-hybridized carbons (Fsp3) is 0.643. The number of esters is 1. The molecule has 0 bridgehead atoms. The third-order valence-electron chi connectivity index (χ3n) is 3.02. The average molecular weight is 240 g/mol. The predicted molar refractivity (Wildman–Crippen MR) is 66.3 cm³/mol. The molecule has 0 N–H and O–H groups in total. The Morgan fingerprint density at radius 2 is 2.29 bits per heavy atom. The van der Waals surface area contributed by atoms with Crippen molar-refractivity contribution in [2.45, 2.75) is 39.3 Å². The number of rotatable bonds is 4. The van der Waals surface area contributed by atoms with E-state index in [1.165, 1.54) is 7.11 Å². The van der Waals surface area contributed by atoms with Crippen LogP contribution in [0.25, 0.3) is 0 Å². The van der Waals surface area contributed by atoms with E-state index < -0.39 is 5.67 Å². The Balaban J connectivity index is 2.57. The monoisotopic (exact) mass is 240 g/mol. The van der Waals surface area contributed by atoms with E-state index >= 15 is 0 Å². The van der Waals surface area contributed by atoms with Gasteiger partial charge < -0.3 is 4.74 Å². The first kappa shape index (κ1) is 13.9. The van der Waals surface area contributed by atoms with E-state index in [-0.39, 0.29) is 17.8 Å². The lowest BCUT2D eigenvalue weighted by Gasteiger charge is -2.23. The van der Waals surface area contributed by atoms with Crippen LogP contribution in [0.1, 0.15) is 33.6 Å². The zero-order valence-electron chi connectivity index (χ0n) is 11.0. The number of carbonyl (C=O) groups excluding carboxylic acids is 1. The molecule has 0 aliphatic heterocycles. The van der Waals surface area contributed by atoms with Gasteiger partial charge in [-0.1, -0.05) is 18.2 Å². The van der Waals surface area contributed by atoms with Crippen LogP contribution in [-0.4, -0.2) is 18.7 Å². The van der Waals surface area contributed by atoms with Gasteiger partial charge in [-0.2, -0.15) is 0 Å². The van der Waals surface area contributed by atoms with Gasteiger partial charge in [0.2, 0.25) is 0 Å². The molecule has 0 saturated carbocycles. The molecule has 1 rings (SSSR count). The van der Waals surface area contributed by atoms with Gasteiger partial charge in [0.15, 0.2) is 0 Å². The molecule has 2 atom stereocenters. The summed E-state index contributed by atoms with van der Waals surface area (Å²) < 4.78 is 18.2. The highest BCUT2D eigenvalue weighted by Gasteiger charge is 2.24. The summed E-state index contributed by atoms with van der Waals surface area (Å²) in [4.78, 5) is 11.4. The molecule has 0 saturated heterocycles. The zero-order valence-corrected chi connectivity index (χ0v) is 11.0. The van der Waals surface area contributed by atoms with Crippen LogP contribution in [0.2, 0.25) is 0 Å². The van der Waals surface area contributed by atoms with Crippen LogP contribution in [0.4, 0.5) is 4.39 Å². The van der Waals surface area contributed by atoms with E-state index in [0.717, 1.165) is 12.0 Å². The fourth-order valence-corrected chi connectivity index (χ4v) is 2.09. The number of carbonyl (C=O) groups is 1. The maximum Gasteiger partial charge on any atom is 0.312 e. The Morgan fingerprint density at radius 1 is 1.65 bits per heavy atom. The van der Waals surface area contributed by atoms with Gasteiger partial charge in [-0.3, -0.25) is 4.79 Å². The van der Waals surface area contributed by atoms with Gasteiger partial charge in [0.05, 0.1) is 13.0 Å². The molecule has 1 aliphatic rings. The number of methoxy groups -OCH3 is 1. The molecular formula is C14H21FO2. The number of allylic oxidation sites excluding steroid dienone is 3. The van der Waals surface area contributed by atoms with E-state index in [4.69, 9.17) is 4.74 Å². The first-order valence-corrected chi connectivity index (χ1v) is 5.98. The average Bonchev–Trinajstić information content (AvgIpc) is 2.26. The van der Waals surface area contributed by atoms with Crippen LogP contribution in [-0.2, 0) is 9.53 Å². The van der Waals surface area contributed by atoms with Gasteiger partial charge in [-0.25, -0.2) is 4.39 Å². The van der Waals surface area contributed by atoms with E-state index in [1.54, 1.807) is 13.8 Å². The lowest BCUT2D eigenvalue weighted by molar-refractivity contribution is -0.143. The Bertz CT molecular complexity index is 337. The Hall–Kier alpha value is -1.12. The summed E-state index contributed by atoms with van der Waals surface area (Å²) in [5, 5.41) is 0. The molecule has 0 spiro atoms. The molecule has 0 aromatic heterocycles. The minimum atomic E-state index is -1.14. The van der Waals surface area contributed by atoms with E-state index in [2.05, 4.69) is 0 Å². The van der Waals surface area contributed by atoms with E-state index in [1.807, 2.05) is 25.2 Å². The predicted octanol–water partition coefficient (Wildman–Crippen LogP) is 3.44. The first-order valence-electron chi connectivity index (χ1n) is 5.98. The minimum Gasteiger partial charge on any atom is -0.469 e. The van der Waals surface area contributed by atoms with Crippen molar-refractivity contribution in [1.82, 2.24) is 0 Å². The van der Waals surface area contributed by atoms with Crippen molar-refractivity contribution in [3.63, 3.8) is 0 Å². The van der Waals surface area contributed by atoms with Crippen molar-refractivity contribution in [2.24, 2.45) is 11.8 Å². The number of hydrogen-bond acceptors (Lipinski definition) is 2. The fourth-order valence-electron chi connectivity index (χ4n) is 2.09. The Morgan fingerprint density at radius 3 is 2.71 bits per heavy atom. The van der Waals surface area contributed by atoms with Crippen molar-refractivity contribution in [1.29, 1.82) is 0 Å². The Kier molecular flexibility index (Phi) is 4.49. The van der Waals surface area contributed by atoms with Gasteiger partial charge in [-0.05, 0) is 45.1 Å². The SMILES string of the molecule is COC(=O)C(C)C1=CCC(CC(C)(C)F)C=C1. The van der Waals surface area contributed by atoms with Crippen molar-refractivity contribution >= 4 is 5.97 Å². The topological polar surface area (TPSA) is 26.3 Å². The van der Waals surface area contributed by atoms with Crippen LogP contribution < -0.4 is 0 Å². The van der Waals surface area contributed by atoms with Crippen molar-refractivity contribution in [3.8, 4) is 0 Å². The summed E-state index contributed by atoms with van der Waals surface area (Å²) in [6.45, 7) is 5.01. The maximum atomic E-state index is 13.5. The highest BCUT2D eigenvalue weighted by atomic mass is 19.1. The molecule has 2 unspecified atom stereocenters. The molecule has 1 aliphatic carbocycles.